The van der Waals surface area contributed by atoms with Crippen molar-refractivity contribution >= 4 is 64.4 Å². The minimum atomic E-state index is -4.45. The molecule has 25 nitrogen and oxygen atoms in total. The maximum Gasteiger partial charge on any atom is 0.416 e. The van der Waals surface area contributed by atoms with Gasteiger partial charge in [0.1, 0.15) is 28.9 Å². The van der Waals surface area contributed by atoms with Crippen molar-refractivity contribution in [2.45, 2.75) is 32.1 Å². The fraction of sp³-hybridized carbons (Fsp3) is 0.100. The lowest BCUT2D eigenvalue weighted by Crippen LogP contribution is -2.05. The van der Waals surface area contributed by atoms with Crippen LogP contribution in [0.1, 0.15) is 23.6 Å². The third-order valence-corrected chi connectivity index (χ3v) is 12.4. The number of aromatic amines is 1. The van der Waals surface area contributed by atoms with Gasteiger partial charge in [0, 0.05) is 58.1 Å². The molecule has 12 rings (SSSR count). The molecule has 0 amide bonds. The molecular formula is C60H52F3N19O6S. The number of nitrogens with two attached hydrogens (primary N) is 3. The lowest BCUT2D eigenvalue weighted by atomic mass is 10.2. The first kappa shape index (κ1) is 60.2. The SMILES string of the molecule is CCOc1nc(N)cc(Oc2ccc(-c3nc(Nc4cccc(C)c4)n[nH]3)cc2)n1.CSc1nc(N)cc(Oc2ccc(-c3nnc(Nc4cccc(C)c4)o3)cc2)n1.Nc1nccc(Oc2ccc(-c3nnc(Nc4cccc(C(F)(F)F)c4)o3)cc2)n1. The summed E-state index contributed by atoms with van der Waals surface area (Å²) in [7, 11) is 0. The van der Waals surface area contributed by atoms with Crippen LogP contribution in [-0.4, -0.2) is 78.3 Å². The van der Waals surface area contributed by atoms with E-state index in [0.29, 0.717) is 81.7 Å². The first-order valence-electron chi connectivity index (χ1n) is 26.6. The van der Waals surface area contributed by atoms with Gasteiger partial charge in [0.2, 0.25) is 41.3 Å². The summed E-state index contributed by atoms with van der Waals surface area (Å²) in [5.41, 5.74) is 22.8. The summed E-state index contributed by atoms with van der Waals surface area (Å²) >= 11 is 1.40. The molecule has 0 spiro atoms. The summed E-state index contributed by atoms with van der Waals surface area (Å²) in [5, 5.41) is 32.5. The first-order chi connectivity index (χ1) is 43.0. The normalized spacial score (nSPS) is 10.9. The smallest absolute Gasteiger partial charge is 0.416 e. The molecule has 0 saturated carbocycles. The van der Waals surface area contributed by atoms with Crippen LogP contribution in [0.25, 0.3) is 34.3 Å². The summed E-state index contributed by atoms with van der Waals surface area (Å²) in [6.45, 7) is 6.34. The van der Waals surface area contributed by atoms with Crippen LogP contribution in [-0.2, 0) is 6.18 Å². The second-order valence-corrected chi connectivity index (χ2v) is 19.4. The maximum atomic E-state index is 12.8. The molecule has 6 aromatic heterocycles. The molecule has 0 fully saturated rings. The molecule has 12 aromatic rings. The van der Waals surface area contributed by atoms with Crippen molar-refractivity contribution in [1.82, 2.24) is 65.5 Å². The van der Waals surface area contributed by atoms with Crippen LogP contribution in [0.4, 0.5) is 65.8 Å². The van der Waals surface area contributed by atoms with Crippen molar-refractivity contribution in [3.05, 3.63) is 187 Å². The standard InChI is InChI=1S/C21H21N7O2.C20H18N6O2S.C19H13F3N6O2/c1-3-29-21-24-17(22)12-18(25-21)30-16-9-7-14(8-10-16)19-26-20(28-27-19)23-15-6-4-5-13(2)11-15;1-12-4-3-5-14(10-12)22-19-26-25-18(28-19)13-6-8-15(9-7-13)27-17-11-16(21)23-20(24-17)29-2;20-19(21,22)12-2-1-3-13(10-12)25-18-28-27-16(30-18)11-4-6-14(7-5-11)29-15-8-9-24-17(23)26-15/h4-12H,3H2,1-2H3,(H2,22,24,25)(H2,23,26,27,28);3-11H,1-2H3,(H,22,26)(H2,21,23,24);1-10H,(H,25,28)(H2,23,24,26). The van der Waals surface area contributed by atoms with Gasteiger partial charge < -0.3 is 60.9 Å². The molecule has 0 unspecified atom stereocenters. The second kappa shape index (κ2) is 27.9. The summed E-state index contributed by atoms with van der Waals surface area (Å²) in [4.78, 5) is 28.8. The van der Waals surface area contributed by atoms with E-state index in [1.54, 1.807) is 48.5 Å². The van der Waals surface area contributed by atoms with E-state index in [-0.39, 0.29) is 35.4 Å². The number of hydrogen-bond acceptors (Lipinski definition) is 25. The number of aryl methyl sites for hydroxylation is 2. The monoisotopic (exact) mass is 1220 g/mol. The highest BCUT2D eigenvalue weighted by Crippen LogP contribution is 2.34. The summed E-state index contributed by atoms with van der Waals surface area (Å²) in [6.07, 6.45) is -1.10. The van der Waals surface area contributed by atoms with Gasteiger partial charge in [-0.1, -0.05) is 52.3 Å². The molecule has 0 bridgehead atoms. The lowest BCUT2D eigenvalue weighted by Gasteiger charge is -2.08. The maximum absolute atomic E-state index is 12.8. The first-order valence-corrected chi connectivity index (χ1v) is 27.9. The third kappa shape index (κ3) is 17.2. The van der Waals surface area contributed by atoms with E-state index in [4.69, 9.17) is 45.0 Å². The predicted molar refractivity (Wildman–Crippen MR) is 327 cm³/mol. The summed E-state index contributed by atoms with van der Waals surface area (Å²) in [6, 6.07) is 47.1. The number of rotatable bonds is 18. The fourth-order valence-corrected chi connectivity index (χ4v) is 8.22. The Morgan fingerprint density at radius 1 is 0.539 bits per heavy atom. The number of nitrogens with zero attached hydrogens (tertiary/aromatic N) is 12. The molecule has 0 aliphatic heterocycles. The van der Waals surface area contributed by atoms with E-state index in [1.807, 2.05) is 112 Å². The number of ether oxygens (including phenoxy) is 4. The van der Waals surface area contributed by atoms with Crippen molar-refractivity contribution in [2.75, 3.05) is 46.0 Å². The predicted octanol–water partition coefficient (Wildman–Crippen LogP) is 13.4. The topological polar surface area (TPSA) is 348 Å². The molecule has 6 aromatic carbocycles. The molecule has 6 heterocycles. The number of thioether (sulfide) groups is 1. The van der Waals surface area contributed by atoms with Crippen LogP contribution in [0, 0.1) is 13.8 Å². The Morgan fingerprint density at radius 3 is 1.60 bits per heavy atom. The highest BCUT2D eigenvalue weighted by Gasteiger charge is 2.30. The molecule has 450 valence electrons. The van der Waals surface area contributed by atoms with Gasteiger partial charge in [-0.3, -0.25) is 5.10 Å². The molecule has 29 heteroatoms. The number of benzene rings is 6. The quantitative estimate of drug-likeness (QED) is 0.0310. The van der Waals surface area contributed by atoms with Gasteiger partial charge in [-0.2, -0.15) is 38.1 Å². The lowest BCUT2D eigenvalue weighted by molar-refractivity contribution is -0.137. The van der Waals surface area contributed by atoms with Gasteiger partial charge in [0.15, 0.2) is 11.0 Å². The zero-order valence-electron chi connectivity index (χ0n) is 47.5. The summed E-state index contributed by atoms with van der Waals surface area (Å²) in [5.74, 6) is 5.14. The van der Waals surface area contributed by atoms with Crippen molar-refractivity contribution in [3.63, 3.8) is 0 Å². The Morgan fingerprint density at radius 2 is 1.06 bits per heavy atom. The summed E-state index contributed by atoms with van der Waals surface area (Å²) < 4.78 is 72.0. The average molecular weight is 1220 g/mol. The van der Waals surface area contributed by atoms with Gasteiger partial charge in [-0.25, -0.2) is 9.97 Å². The Hall–Kier alpha value is -11.9. The number of nitrogens with one attached hydrogen (secondary N) is 4. The zero-order chi connectivity index (χ0) is 62.3. The van der Waals surface area contributed by atoms with Crippen molar-refractivity contribution in [1.29, 1.82) is 0 Å². The fourth-order valence-electron chi connectivity index (χ4n) is 7.84. The molecule has 0 saturated heterocycles. The second-order valence-electron chi connectivity index (χ2n) is 18.6. The third-order valence-electron chi connectivity index (χ3n) is 11.8. The van der Waals surface area contributed by atoms with Crippen LogP contribution >= 0.6 is 11.8 Å². The molecule has 0 aliphatic rings. The minimum absolute atomic E-state index is 0.0406. The van der Waals surface area contributed by atoms with E-state index >= 15 is 0 Å². The van der Waals surface area contributed by atoms with Gasteiger partial charge >= 0.3 is 24.2 Å². The van der Waals surface area contributed by atoms with E-state index < -0.39 is 11.7 Å². The van der Waals surface area contributed by atoms with Gasteiger partial charge in [0.25, 0.3) is 0 Å². The highest BCUT2D eigenvalue weighted by molar-refractivity contribution is 7.98. The van der Waals surface area contributed by atoms with Crippen molar-refractivity contribution < 1.29 is 41.0 Å². The number of H-pyrrole nitrogens is 1. The number of anilines is 9. The molecule has 0 aliphatic carbocycles. The van der Waals surface area contributed by atoms with Crippen LogP contribution in [0.3, 0.4) is 0 Å². The van der Waals surface area contributed by atoms with Crippen molar-refractivity contribution in [3.8, 4) is 75.2 Å². The van der Waals surface area contributed by atoms with Gasteiger partial charge in [-0.15, -0.1) is 15.3 Å². The number of halogens is 3. The number of aromatic nitrogens is 13. The average Bonchev–Trinajstić information content (AvgIpc) is 2.69. The molecule has 10 N–H and O–H groups in total. The number of hydrogen-bond donors (Lipinski definition) is 7. The van der Waals surface area contributed by atoms with Gasteiger partial charge in [0.05, 0.1) is 12.2 Å². The highest BCUT2D eigenvalue weighted by atomic mass is 32.2. The van der Waals surface area contributed by atoms with E-state index in [0.717, 1.165) is 45.8 Å². The van der Waals surface area contributed by atoms with E-state index in [1.165, 1.54) is 36.2 Å². The zero-order valence-corrected chi connectivity index (χ0v) is 48.3. The van der Waals surface area contributed by atoms with E-state index in [2.05, 4.69) is 81.4 Å². The molecular weight excluding hydrogens is 1170 g/mol. The largest absolute Gasteiger partial charge is 0.464 e. The number of nitrogen functional groups attached to an aromatic ring is 3. The number of alkyl halides is 3. The van der Waals surface area contributed by atoms with E-state index in [9.17, 15) is 13.2 Å². The van der Waals surface area contributed by atoms with Crippen LogP contribution in [0.5, 0.6) is 40.9 Å². The molecule has 0 radical (unpaired) electrons. The Kier molecular flexibility index (Phi) is 18.9. The Balaban J connectivity index is 0.000000147. The van der Waals surface area contributed by atoms with Crippen LogP contribution in [0.15, 0.2) is 184 Å². The molecule has 0 atom stereocenters. The van der Waals surface area contributed by atoms with Crippen molar-refractivity contribution in [2.24, 2.45) is 0 Å². The Bertz CT molecular complexity index is 4310. The van der Waals surface area contributed by atoms with Crippen LogP contribution in [0.2, 0.25) is 0 Å². The van der Waals surface area contributed by atoms with Gasteiger partial charge in [-0.05, 0) is 153 Å². The van der Waals surface area contributed by atoms with Crippen LogP contribution < -0.4 is 52.1 Å². The Labute approximate surface area is 508 Å². The molecule has 89 heavy (non-hydrogen) atoms. The minimum Gasteiger partial charge on any atom is -0.464 e.